The Morgan fingerprint density at radius 1 is 1.12 bits per heavy atom. The van der Waals surface area contributed by atoms with Crippen LogP contribution in [0.2, 0.25) is 0 Å². The van der Waals surface area contributed by atoms with Crippen molar-refractivity contribution in [2.24, 2.45) is 0 Å². The molecule has 9 heteroatoms. The number of hydrogen-bond donors (Lipinski definition) is 1. The third-order valence-corrected chi connectivity index (χ3v) is 5.47. The van der Waals surface area contributed by atoms with Crippen LogP contribution in [0.15, 0.2) is 58.5 Å². The molecule has 4 rings (SSSR count). The molecule has 2 aromatic heterocycles. The van der Waals surface area contributed by atoms with Crippen LogP contribution in [0.1, 0.15) is 0 Å². The Morgan fingerprint density at radius 2 is 1.92 bits per heavy atom. The van der Waals surface area contributed by atoms with Crippen molar-refractivity contribution in [3.05, 3.63) is 54.3 Å². The molecule has 0 fully saturated rings. The summed E-state index contributed by atoms with van der Waals surface area (Å²) < 4.78 is 40.5. The first kappa shape index (κ1) is 15.5. The molecule has 0 saturated heterocycles. The number of benzene rings is 2. The molecule has 0 atom stereocenters. The summed E-state index contributed by atoms with van der Waals surface area (Å²) >= 11 is 0. The molecule has 0 aliphatic heterocycles. The Hall–Kier alpha value is -3.07. The number of nitrogens with one attached hydrogen (secondary N) is 1. The minimum atomic E-state index is -4.06. The first-order valence-corrected chi connectivity index (χ1v) is 8.83. The molecular formula is C16H12FN5O2S. The minimum Gasteiger partial charge on any atom is -0.373 e. The predicted molar refractivity (Wildman–Crippen MR) is 89.7 cm³/mol. The fourth-order valence-electron chi connectivity index (χ4n) is 2.66. The first-order valence-electron chi connectivity index (χ1n) is 7.35. The molecule has 7 nitrogen and oxygen atoms in total. The molecule has 2 heterocycles. The Balaban J connectivity index is 2.05. The molecule has 0 radical (unpaired) electrons. The van der Waals surface area contributed by atoms with Crippen LogP contribution in [-0.4, -0.2) is 35.3 Å². The van der Waals surface area contributed by atoms with Gasteiger partial charge in [-0.15, -0.1) is 5.10 Å². The van der Waals surface area contributed by atoms with Crippen LogP contribution in [0.3, 0.4) is 0 Å². The minimum absolute atomic E-state index is 0.0762. The van der Waals surface area contributed by atoms with Gasteiger partial charge >= 0.3 is 0 Å². The number of fused-ring (bicyclic) bond motifs is 3. The highest BCUT2D eigenvalue weighted by atomic mass is 32.2. The summed E-state index contributed by atoms with van der Waals surface area (Å²) in [6, 6.07) is 12.0. The predicted octanol–water partition coefficient (Wildman–Crippen LogP) is 2.29. The van der Waals surface area contributed by atoms with Crippen molar-refractivity contribution >= 4 is 32.2 Å². The molecule has 0 aliphatic carbocycles. The molecular weight excluding hydrogens is 345 g/mol. The van der Waals surface area contributed by atoms with Gasteiger partial charge in [0.2, 0.25) is 14.9 Å². The van der Waals surface area contributed by atoms with Gasteiger partial charge in [0.25, 0.3) is 0 Å². The van der Waals surface area contributed by atoms with E-state index in [4.69, 9.17) is 0 Å². The highest BCUT2D eigenvalue weighted by molar-refractivity contribution is 7.91. The maximum absolute atomic E-state index is 13.4. The van der Waals surface area contributed by atoms with Crippen LogP contribution in [0.25, 0.3) is 16.6 Å². The van der Waals surface area contributed by atoms with E-state index in [1.165, 1.54) is 22.7 Å². The number of hydrogen-bond acceptors (Lipinski definition) is 6. The van der Waals surface area contributed by atoms with Crippen molar-refractivity contribution in [1.29, 1.82) is 0 Å². The zero-order valence-corrected chi connectivity index (χ0v) is 13.8. The lowest BCUT2D eigenvalue weighted by Gasteiger charge is -2.07. The second kappa shape index (κ2) is 5.49. The van der Waals surface area contributed by atoms with Gasteiger partial charge in [-0.05, 0) is 30.3 Å². The topological polar surface area (TPSA) is 89.2 Å². The molecule has 126 valence electrons. The van der Waals surface area contributed by atoms with Crippen molar-refractivity contribution in [1.82, 2.24) is 19.8 Å². The van der Waals surface area contributed by atoms with Crippen LogP contribution in [-0.2, 0) is 9.84 Å². The van der Waals surface area contributed by atoms with E-state index in [9.17, 15) is 12.8 Å². The van der Waals surface area contributed by atoms with Crippen molar-refractivity contribution in [2.45, 2.75) is 9.92 Å². The van der Waals surface area contributed by atoms with E-state index in [0.717, 1.165) is 11.5 Å². The van der Waals surface area contributed by atoms with Crippen LogP contribution >= 0.6 is 0 Å². The SMILES string of the molecule is CNc1nc2c(S(=O)(=O)c3cccc(F)c3)nnn2c2ccccc12. The van der Waals surface area contributed by atoms with E-state index >= 15 is 0 Å². The standard InChI is InChI=1S/C16H12FN5O2S/c1-18-14-12-7-2-3-8-13(12)22-15(19-14)16(20-21-22)25(23,24)11-6-4-5-10(17)9-11/h2-9H,1H3,(H,18,19). The number of anilines is 1. The van der Waals surface area contributed by atoms with Crippen LogP contribution in [0.5, 0.6) is 0 Å². The highest BCUT2D eigenvalue weighted by Crippen LogP contribution is 2.27. The van der Waals surface area contributed by atoms with Gasteiger partial charge < -0.3 is 5.32 Å². The molecule has 4 aromatic rings. The normalized spacial score (nSPS) is 11.9. The average molecular weight is 357 g/mol. The number of para-hydroxylation sites is 1. The van der Waals surface area contributed by atoms with Gasteiger partial charge in [0, 0.05) is 12.4 Å². The quantitative estimate of drug-likeness (QED) is 0.605. The first-order chi connectivity index (χ1) is 12.0. The van der Waals surface area contributed by atoms with E-state index in [1.807, 2.05) is 18.2 Å². The monoisotopic (exact) mass is 357 g/mol. The number of rotatable bonds is 3. The fourth-order valence-corrected chi connectivity index (χ4v) is 3.92. The molecule has 25 heavy (non-hydrogen) atoms. The second-order valence-corrected chi connectivity index (χ2v) is 7.18. The number of halogens is 1. The number of sulfone groups is 1. The van der Waals surface area contributed by atoms with E-state index in [0.29, 0.717) is 11.3 Å². The summed E-state index contributed by atoms with van der Waals surface area (Å²) in [5, 5.41) is 11.2. The van der Waals surface area contributed by atoms with Crippen molar-refractivity contribution < 1.29 is 12.8 Å². The summed E-state index contributed by atoms with van der Waals surface area (Å²) in [4.78, 5) is 4.15. The van der Waals surface area contributed by atoms with E-state index in [2.05, 4.69) is 20.6 Å². The third-order valence-electron chi connectivity index (χ3n) is 3.82. The molecule has 0 bridgehead atoms. The maximum atomic E-state index is 13.4. The van der Waals surface area contributed by atoms with E-state index < -0.39 is 15.7 Å². The van der Waals surface area contributed by atoms with Gasteiger partial charge in [0.05, 0.1) is 10.4 Å². The number of aromatic nitrogens is 4. The summed E-state index contributed by atoms with van der Waals surface area (Å²) in [6.07, 6.45) is 0. The van der Waals surface area contributed by atoms with Crippen molar-refractivity contribution in [3.63, 3.8) is 0 Å². The van der Waals surface area contributed by atoms with Gasteiger partial charge in [-0.3, -0.25) is 0 Å². The van der Waals surface area contributed by atoms with Crippen LogP contribution < -0.4 is 5.32 Å². The summed E-state index contributed by atoms with van der Waals surface area (Å²) in [5.74, 6) is -0.145. The van der Waals surface area contributed by atoms with Gasteiger partial charge in [-0.2, -0.15) is 4.52 Å². The third kappa shape index (κ3) is 2.31. The molecule has 0 spiro atoms. The second-order valence-electron chi connectivity index (χ2n) is 5.32. The highest BCUT2D eigenvalue weighted by Gasteiger charge is 2.27. The van der Waals surface area contributed by atoms with Gasteiger partial charge in [0.1, 0.15) is 11.6 Å². The van der Waals surface area contributed by atoms with E-state index in [-0.39, 0.29) is 15.6 Å². The lowest BCUT2D eigenvalue weighted by atomic mass is 10.2. The smallest absolute Gasteiger partial charge is 0.229 e. The lowest BCUT2D eigenvalue weighted by Crippen LogP contribution is -2.06. The maximum Gasteiger partial charge on any atom is 0.229 e. The van der Waals surface area contributed by atoms with Gasteiger partial charge in [-0.25, -0.2) is 17.8 Å². The summed E-state index contributed by atoms with van der Waals surface area (Å²) in [7, 11) is -2.37. The fraction of sp³-hybridized carbons (Fsp3) is 0.0625. The Kier molecular flexibility index (Phi) is 3.39. The molecule has 0 saturated carbocycles. The molecule has 0 amide bonds. The van der Waals surface area contributed by atoms with Crippen LogP contribution in [0.4, 0.5) is 10.2 Å². The van der Waals surface area contributed by atoms with Crippen molar-refractivity contribution in [3.8, 4) is 0 Å². The largest absolute Gasteiger partial charge is 0.373 e. The van der Waals surface area contributed by atoms with E-state index in [1.54, 1.807) is 13.1 Å². The molecule has 1 N–H and O–H groups in total. The Morgan fingerprint density at radius 3 is 2.68 bits per heavy atom. The average Bonchev–Trinajstić information content (AvgIpc) is 3.06. The van der Waals surface area contributed by atoms with Crippen molar-refractivity contribution in [2.75, 3.05) is 12.4 Å². The number of nitrogens with zero attached hydrogens (tertiary/aromatic N) is 4. The van der Waals surface area contributed by atoms with Gasteiger partial charge in [0.15, 0.2) is 5.65 Å². The zero-order valence-electron chi connectivity index (χ0n) is 13.0. The van der Waals surface area contributed by atoms with Gasteiger partial charge in [-0.1, -0.05) is 23.4 Å². The summed E-state index contributed by atoms with van der Waals surface area (Å²) in [5.41, 5.74) is 0.734. The molecule has 0 aliphatic rings. The Bertz CT molecular complexity index is 1220. The lowest BCUT2D eigenvalue weighted by molar-refractivity contribution is 0.587. The zero-order chi connectivity index (χ0) is 17.6. The molecule has 2 aromatic carbocycles. The Labute approximate surface area is 142 Å². The summed E-state index contributed by atoms with van der Waals surface area (Å²) in [6.45, 7) is 0. The molecule has 0 unspecified atom stereocenters. The van der Waals surface area contributed by atoms with Crippen LogP contribution in [0, 0.1) is 5.82 Å².